The smallest absolute Gasteiger partial charge is 0.306 e. The summed E-state index contributed by atoms with van der Waals surface area (Å²) < 4.78 is 29.9. The van der Waals surface area contributed by atoms with Gasteiger partial charge in [-0.3, -0.25) is 24.2 Å². The van der Waals surface area contributed by atoms with E-state index in [4.69, 9.17) is 5.73 Å². The summed E-state index contributed by atoms with van der Waals surface area (Å²) in [6.07, 6.45) is 2.60. The molecule has 12 heteroatoms. The van der Waals surface area contributed by atoms with Gasteiger partial charge in [-0.15, -0.1) is 0 Å². The maximum atomic E-state index is 14.4. The number of pyridine rings is 1. The molecule has 0 aliphatic carbocycles. The number of nitrogen functional groups attached to an aromatic ring is 1. The van der Waals surface area contributed by atoms with E-state index in [1.807, 2.05) is 12.1 Å². The number of nitrogens with two attached hydrogens (primary N) is 1. The zero-order valence-electron chi connectivity index (χ0n) is 18.2. The number of nitrogens with zero attached hydrogens (tertiary/aromatic N) is 4. The Balaban J connectivity index is 1.42. The van der Waals surface area contributed by atoms with Crippen LogP contribution in [0.3, 0.4) is 0 Å². The van der Waals surface area contributed by atoms with E-state index in [1.54, 1.807) is 13.0 Å². The predicted molar refractivity (Wildman–Crippen MR) is 122 cm³/mol. The lowest BCUT2D eigenvalue weighted by Crippen LogP contribution is -2.36. The Morgan fingerprint density at radius 2 is 2.06 bits per heavy atom. The van der Waals surface area contributed by atoms with Crippen LogP contribution in [0.1, 0.15) is 17.0 Å². The van der Waals surface area contributed by atoms with Crippen molar-refractivity contribution in [3.05, 3.63) is 76.1 Å². The summed E-state index contributed by atoms with van der Waals surface area (Å²) in [5.74, 6) is -3.67. The van der Waals surface area contributed by atoms with Gasteiger partial charge in [-0.1, -0.05) is 12.1 Å². The molecule has 0 spiro atoms. The van der Waals surface area contributed by atoms with Gasteiger partial charge in [0.05, 0.1) is 12.1 Å². The van der Waals surface area contributed by atoms with Crippen molar-refractivity contribution >= 4 is 28.4 Å². The minimum Gasteiger partial charge on any atom is -0.382 e. The standard InChI is InChI=1S/C22H22F2N8O2/c1-13-9-28-20(29-12-22(23,24)17-4-2-3-7-26-17)21(34)32(13)11-18(33)27-10-14-5-6-16-15(8-14)19(25)31-30-16/h2-9H,10-12H2,1H3,(H,27,33)(H,28,29)(H3,25,30,31). The normalized spacial score (nSPS) is 11.5. The molecule has 10 nitrogen and oxygen atoms in total. The quantitative estimate of drug-likeness (QED) is 0.309. The third-order valence-corrected chi connectivity index (χ3v) is 5.22. The Bertz CT molecular complexity index is 1380. The van der Waals surface area contributed by atoms with Crippen LogP contribution in [0.4, 0.5) is 20.4 Å². The number of carbonyl (C=O) groups excluding carboxylic acids is 1. The Hall–Kier alpha value is -4.35. The first-order valence-corrected chi connectivity index (χ1v) is 10.3. The third-order valence-electron chi connectivity index (χ3n) is 5.22. The number of H-pyrrole nitrogens is 1. The summed E-state index contributed by atoms with van der Waals surface area (Å²) in [4.78, 5) is 32.9. The Morgan fingerprint density at radius 1 is 1.24 bits per heavy atom. The van der Waals surface area contributed by atoms with Crippen LogP contribution in [-0.2, 0) is 23.8 Å². The lowest BCUT2D eigenvalue weighted by molar-refractivity contribution is -0.121. The maximum absolute atomic E-state index is 14.4. The monoisotopic (exact) mass is 468 g/mol. The molecule has 0 aliphatic heterocycles. The number of hydrogen-bond acceptors (Lipinski definition) is 7. The van der Waals surface area contributed by atoms with Crippen molar-refractivity contribution in [1.82, 2.24) is 30.0 Å². The molecular weight excluding hydrogens is 446 g/mol. The summed E-state index contributed by atoms with van der Waals surface area (Å²) in [7, 11) is 0. The second-order valence-corrected chi connectivity index (χ2v) is 7.68. The van der Waals surface area contributed by atoms with Crippen molar-refractivity contribution in [1.29, 1.82) is 0 Å². The summed E-state index contributed by atoms with van der Waals surface area (Å²) in [6.45, 7) is 0.638. The van der Waals surface area contributed by atoms with Crippen LogP contribution < -0.4 is 21.9 Å². The third kappa shape index (κ3) is 4.85. The van der Waals surface area contributed by atoms with E-state index in [0.29, 0.717) is 11.5 Å². The van der Waals surface area contributed by atoms with Crippen LogP contribution in [0.5, 0.6) is 0 Å². The molecule has 176 valence electrons. The second kappa shape index (κ2) is 9.25. The molecule has 0 fully saturated rings. The minimum absolute atomic E-state index is 0.208. The molecule has 1 amide bonds. The summed E-state index contributed by atoms with van der Waals surface area (Å²) in [5.41, 5.74) is 6.69. The number of hydrogen-bond donors (Lipinski definition) is 4. The first-order chi connectivity index (χ1) is 16.2. The fourth-order valence-electron chi connectivity index (χ4n) is 3.34. The van der Waals surface area contributed by atoms with Crippen LogP contribution in [0.15, 0.2) is 53.6 Å². The number of aromatic amines is 1. The lowest BCUT2D eigenvalue weighted by Gasteiger charge is -2.17. The van der Waals surface area contributed by atoms with Crippen LogP contribution >= 0.6 is 0 Å². The molecule has 4 aromatic rings. The van der Waals surface area contributed by atoms with E-state index < -0.39 is 29.6 Å². The molecule has 3 aromatic heterocycles. The Labute approximate surface area is 192 Å². The van der Waals surface area contributed by atoms with Crippen molar-refractivity contribution < 1.29 is 13.6 Å². The van der Waals surface area contributed by atoms with Gasteiger partial charge < -0.3 is 16.4 Å². The van der Waals surface area contributed by atoms with Crippen molar-refractivity contribution in [2.75, 3.05) is 17.6 Å². The topological polar surface area (TPSA) is 144 Å². The summed E-state index contributed by atoms with van der Waals surface area (Å²) in [6, 6.07) is 9.61. The molecular formula is C22H22F2N8O2. The molecule has 0 radical (unpaired) electrons. The number of alkyl halides is 2. The fourth-order valence-corrected chi connectivity index (χ4v) is 3.34. The molecule has 3 heterocycles. The Kier molecular flexibility index (Phi) is 6.21. The maximum Gasteiger partial charge on any atom is 0.306 e. The van der Waals surface area contributed by atoms with Crippen LogP contribution in [0, 0.1) is 6.92 Å². The van der Waals surface area contributed by atoms with Gasteiger partial charge in [0, 0.05) is 30.0 Å². The zero-order chi connectivity index (χ0) is 24.3. The van der Waals surface area contributed by atoms with Crippen LogP contribution in [0.25, 0.3) is 10.9 Å². The molecule has 0 aliphatic rings. The number of carbonyl (C=O) groups is 1. The zero-order valence-corrected chi connectivity index (χ0v) is 18.2. The first-order valence-electron chi connectivity index (χ1n) is 10.3. The van der Waals surface area contributed by atoms with E-state index in [1.165, 1.54) is 35.2 Å². The molecule has 0 saturated heterocycles. The number of rotatable bonds is 8. The first kappa shape index (κ1) is 22.8. The van der Waals surface area contributed by atoms with Gasteiger partial charge in [0.1, 0.15) is 12.2 Å². The van der Waals surface area contributed by atoms with Gasteiger partial charge in [0.25, 0.3) is 5.56 Å². The predicted octanol–water partition coefficient (Wildman–Crippen LogP) is 1.93. The van der Waals surface area contributed by atoms with Gasteiger partial charge in [-0.2, -0.15) is 13.9 Å². The molecule has 1 aromatic carbocycles. The van der Waals surface area contributed by atoms with E-state index in [2.05, 4.69) is 30.8 Å². The van der Waals surface area contributed by atoms with Crippen LogP contribution in [0.2, 0.25) is 0 Å². The summed E-state index contributed by atoms with van der Waals surface area (Å²) >= 11 is 0. The molecule has 34 heavy (non-hydrogen) atoms. The highest BCUT2D eigenvalue weighted by Gasteiger charge is 2.33. The highest BCUT2D eigenvalue weighted by molar-refractivity contribution is 5.89. The van der Waals surface area contributed by atoms with Gasteiger partial charge in [-0.25, -0.2) is 4.98 Å². The molecule has 4 rings (SSSR count). The second-order valence-electron chi connectivity index (χ2n) is 7.68. The number of aryl methyl sites for hydroxylation is 1. The highest BCUT2D eigenvalue weighted by Crippen LogP contribution is 2.25. The molecule has 5 N–H and O–H groups in total. The molecule has 0 unspecified atom stereocenters. The summed E-state index contributed by atoms with van der Waals surface area (Å²) in [5, 5.41) is 12.6. The lowest BCUT2D eigenvalue weighted by atomic mass is 10.1. The SMILES string of the molecule is Cc1cnc(NCC(F)(F)c2ccccn2)c(=O)n1CC(=O)NCc1ccc2[nH]nc(N)c2c1. The largest absolute Gasteiger partial charge is 0.382 e. The number of halogens is 2. The Morgan fingerprint density at radius 3 is 2.82 bits per heavy atom. The number of anilines is 2. The van der Waals surface area contributed by atoms with Crippen molar-refractivity contribution in [3.8, 4) is 0 Å². The van der Waals surface area contributed by atoms with E-state index in [-0.39, 0.29) is 18.9 Å². The minimum atomic E-state index is -3.32. The van der Waals surface area contributed by atoms with E-state index in [0.717, 1.165) is 16.5 Å². The van der Waals surface area contributed by atoms with Gasteiger partial charge in [0.2, 0.25) is 5.91 Å². The van der Waals surface area contributed by atoms with Crippen molar-refractivity contribution in [2.45, 2.75) is 25.9 Å². The molecule has 0 atom stereocenters. The number of benzene rings is 1. The molecule has 0 bridgehead atoms. The average Bonchev–Trinajstić information content (AvgIpc) is 3.20. The number of amides is 1. The molecule has 0 saturated carbocycles. The van der Waals surface area contributed by atoms with E-state index in [9.17, 15) is 18.4 Å². The van der Waals surface area contributed by atoms with Crippen molar-refractivity contribution in [3.63, 3.8) is 0 Å². The van der Waals surface area contributed by atoms with Gasteiger partial charge in [0.15, 0.2) is 11.6 Å². The fraction of sp³-hybridized carbons (Fsp3) is 0.227. The average molecular weight is 468 g/mol. The van der Waals surface area contributed by atoms with Crippen molar-refractivity contribution in [2.24, 2.45) is 0 Å². The highest BCUT2D eigenvalue weighted by atomic mass is 19.3. The number of nitrogens with one attached hydrogen (secondary N) is 3. The van der Waals surface area contributed by atoms with Crippen LogP contribution in [-0.4, -0.2) is 37.2 Å². The van der Waals surface area contributed by atoms with E-state index >= 15 is 0 Å². The van der Waals surface area contributed by atoms with Gasteiger partial charge >= 0.3 is 5.92 Å². The number of fused-ring (bicyclic) bond motifs is 1. The number of aromatic nitrogens is 5. The van der Waals surface area contributed by atoms with Gasteiger partial charge in [-0.05, 0) is 36.8 Å².